The van der Waals surface area contributed by atoms with Crippen LogP contribution < -0.4 is 0 Å². The number of benzene rings is 1. The number of halogens is 3. The van der Waals surface area contributed by atoms with Crippen molar-refractivity contribution in [3.63, 3.8) is 0 Å². The number of nitrogens with zero attached hydrogens (tertiary/aromatic N) is 5. The average Bonchev–Trinajstić information content (AvgIpc) is 2.93. The first kappa shape index (κ1) is 13.5. The van der Waals surface area contributed by atoms with Crippen LogP contribution in [0.25, 0.3) is 0 Å². The fourth-order valence-electron chi connectivity index (χ4n) is 2.59. The molecule has 25 heavy (non-hydrogen) atoms. The summed E-state index contributed by atoms with van der Waals surface area (Å²) in [5, 5.41) is 15.0. The van der Waals surface area contributed by atoms with Crippen molar-refractivity contribution in [2.45, 2.75) is 25.0 Å². The predicted molar refractivity (Wildman–Crippen MR) is 80.7 cm³/mol. The Kier molecular flexibility index (Phi) is 3.56. The van der Waals surface area contributed by atoms with E-state index in [0.29, 0.717) is 6.07 Å². The lowest BCUT2D eigenvalue weighted by molar-refractivity contribution is -0.0133. The lowest BCUT2D eigenvalue weighted by Gasteiger charge is -2.34. The molecule has 130 valence electrons. The molecule has 2 aromatic heterocycles. The highest BCUT2D eigenvalue weighted by molar-refractivity contribution is 5.30. The number of aromatic nitrogens is 5. The first-order valence-electron chi connectivity index (χ1n) is 8.66. The van der Waals surface area contributed by atoms with Crippen LogP contribution in [0.5, 0.6) is 0 Å². The van der Waals surface area contributed by atoms with Crippen molar-refractivity contribution in [3.05, 3.63) is 72.0 Å². The lowest BCUT2D eigenvalue weighted by Crippen LogP contribution is -2.39. The molecule has 0 bridgehead atoms. The Bertz CT molecular complexity index is 1030. The third kappa shape index (κ3) is 3.22. The van der Waals surface area contributed by atoms with Crippen molar-refractivity contribution in [3.8, 4) is 0 Å². The second-order valence-electron chi connectivity index (χ2n) is 5.42. The van der Waals surface area contributed by atoms with Crippen LogP contribution in [0.2, 0.25) is 0 Å². The monoisotopic (exact) mass is 354 g/mol. The van der Waals surface area contributed by atoms with Gasteiger partial charge in [0.2, 0.25) is 0 Å². The summed E-state index contributed by atoms with van der Waals surface area (Å²) in [5.41, 5.74) is -3.04. The molecule has 0 spiro atoms. The highest BCUT2D eigenvalue weighted by Gasteiger charge is 2.41. The normalized spacial score (nSPS) is 16.6. The number of hydrogen-bond donors (Lipinski definition) is 1. The van der Waals surface area contributed by atoms with Gasteiger partial charge in [-0.25, -0.2) is 32.8 Å². The van der Waals surface area contributed by atoms with Gasteiger partial charge in [-0.2, -0.15) is 5.10 Å². The van der Waals surface area contributed by atoms with Gasteiger partial charge in [0.25, 0.3) is 0 Å². The van der Waals surface area contributed by atoms with Crippen LogP contribution in [0, 0.1) is 17.5 Å². The molecule has 0 saturated carbocycles. The Morgan fingerprint density at radius 1 is 1.28 bits per heavy atom. The molecule has 1 N–H and O–H groups in total. The maximum absolute atomic E-state index is 14.5. The standard InChI is InChI=1S/C16H14F3N5O/c1-10(15-14(19)5-20-7-22-15)16(25,6-24-9-21-8-23-24)12-3-2-11(17)4-13(12)18/h2-5,7-10,25H,6H2,1H3/t10-,16+/m0/s1/i5D,6+1,8D,9D,16+1. The summed E-state index contributed by atoms with van der Waals surface area (Å²) in [6.07, 6.45) is -0.774. The second-order valence-corrected chi connectivity index (χ2v) is 5.42. The van der Waals surface area contributed by atoms with Crippen LogP contribution in [-0.4, -0.2) is 29.8 Å². The van der Waals surface area contributed by atoms with Crippen LogP contribution >= 0.6 is 0 Å². The maximum Gasteiger partial charge on any atom is 0.163 e. The highest BCUT2D eigenvalue weighted by Crippen LogP contribution is 2.39. The molecule has 0 unspecified atom stereocenters. The highest BCUT2D eigenvalue weighted by atomic mass is 19.1. The second kappa shape index (κ2) is 6.60. The van der Waals surface area contributed by atoms with Gasteiger partial charge in [0, 0.05) is 17.5 Å². The third-order valence-corrected chi connectivity index (χ3v) is 3.94. The Morgan fingerprint density at radius 3 is 2.76 bits per heavy atom. The SMILES string of the molecule is [2H]c1nc([2H])n([13CH2][13C@](O)(c2ccc(F)cc2F)[C@@H](C)c2ncnc([2H])c2F)n1. The van der Waals surface area contributed by atoms with Gasteiger partial charge < -0.3 is 5.11 Å². The van der Waals surface area contributed by atoms with Gasteiger partial charge in [-0.3, -0.25) is 0 Å². The summed E-state index contributed by atoms with van der Waals surface area (Å²) in [5.74, 6) is -4.36. The van der Waals surface area contributed by atoms with Crippen molar-refractivity contribution in [1.82, 2.24) is 24.7 Å². The summed E-state index contributed by atoms with van der Waals surface area (Å²) in [6.45, 7) is 0.730. The topological polar surface area (TPSA) is 76.7 Å². The number of aliphatic hydroxyl groups is 1. The van der Waals surface area contributed by atoms with Crippen molar-refractivity contribution in [2.24, 2.45) is 0 Å². The molecule has 0 amide bonds. The molecule has 0 radical (unpaired) electrons. The average molecular weight is 354 g/mol. The van der Waals surface area contributed by atoms with E-state index < -0.39 is 59.9 Å². The van der Waals surface area contributed by atoms with E-state index in [2.05, 4.69) is 20.1 Å². The van der Waals surface area contributed by atoms with Crippen molar-refractivity contribution in [2.75, 3.05) is 0 Å². The Labute approximate surface area is 145 Å². The number of hydrogen-bond acceptors (Lipinski definition) is 5. The minimum atomic E-state index is -2.27. The van der Waals surface area contributed by atoms with Crippen LogP contribution in [-0.2, 0) is 12.1 Å². The van der Waals surface area contributed by atoms with E-state index >= 15 is 0 Å². The Morgan fingerprint density at radius 2 is 2.08 bits per heavy atom. The van der Waals surface area contributed by atoms with Gasteiger partial charge >= 0.3 is 0 Å². The van der Waals surface area contributed by atoms with E-state index in [0.717, 1.165) is 23.1 Å². The summed E-state index contributed by atoms with van der Waals surface area (Å²) >= 11 is 0. The fraction of sp³-hybridized carbons (Fsp3) is 0.250. The molecule has 0 fully saturated rings. The molecule has 3 aromatic rings. The molecule has 0 aliphatic rings. The van der Waals surface area contributed by atoms with Crippen molar-refractivity contribution >= 4 is 0 Å². The van der Waals surface area contributed by atoms with Gasteiger partial charge in [-0.15, -0.1) is 0 Å². The molecular formula is C16H14F3N5O. The third-order valence-electron chi connectivity index (χ3n) is 3.94. The predicted octanol–water partition coefficient (Wildman–Crippen LogP) is 2.18. The van der Waals surface area contributed by atoms with Crippen LogP contribution in [0.3, 0.4) is 0 Å². The maximum atomic E-state index is 14.5. The molecule has 0 aliphatic carbocycles. The molecule has 1 aromatic carbocycles. The van der Waals surface area contributed by atoms with Crippen molar-refractivity contribution in [1.29, 1.82) is 0 Å². The van der Waals surface area contributed by atoms with Gasteiger partial charge in [0.1, 0.15) is 38.9 Å². The summed E-state index contributed by atoms with van der Waals surface area (Å²) < 4.78 is 65.7. The van der Waals surface area contributed by atoms with E-state index in [1.54, 1.807) is 0 Å². The fourth-order valence-corrected chi connectivity index (χ4v) is 2.59. The summed E-state index contributed by atoms with van der Waals surface area (Å²) in [6, 6.07) is 2.46. The summed E-state index contributed by atoms with van der Waals surface area (Å²) in [7, 11) is 0. The minimum Gasteiger partial charge on any atom is -0.382 e. The molecule has 0 saturated heterocycles. The van der Waals surface area contributed by atoms with Crippen molar-refractivity contribution < 1.29 is 22.4 Å². The molecule has 9 heteroatoms. The minimum absolute atomic E-state index is 0.371. The molecule has 2 atom stereocenters. The van der Waals surface area contributed by atoms with E-state index in [4.69, 9.17) is 4.11 Å². The van der Waals surface area contributed by atoms with E-state index in [-0.39, 0.29) is 5.69 Å². The Balaban J connectivity index is 2.18. The Hall–Kier alpha value is -2.81. The lowest BCUT2D eigenvalue weighted by atomic mass is 10.0. The number of rotatable bonds is 5. The zero-order valence-corrected chi connectivity index (χ0v) is 12.9. The van der Waals surface area contributed by atoms with Gasteiger partial charge in [0.05, 0.1) is 19.8 Å². The van der Waals surface area contributed by atoms with Gasteiger partial charge in [0.15, 0.2) is 5.82 Å². The van der Waals surface area contributed by atoms with Crippen LogP contribution in [0.1, 0.15) is 28.2 Å². The van der Waals surface area contributed by atoms with E-state index in [1.165, 1.54) is 6.92 Å². The first-order valence-corrected chi connectivity index (χ1v) is 7.16. The van der Waals surface area contributed by atoms with E-state index in [9.17, 15) is 18.3 Å². The van der Waals surface area contributed by atoms with Gasteiger partial charge in [-0.05, 0) is 6.07 Å². The quantitative estimate of drug-likeness (QED) is 0.711. The zero-order valence-electron chi connectivity index (χ0n) is 15.9. The van der Waals surface area contributed by atoms with Crippen LogP contribution in [0.15, 0.2) is 43.3 Å². The van der Waals surface area contributed by atoms with E-state index in [1.807, 2.05) is 0 Å². The largest absolute Gasteiger partial charge is 0.382 e. The molecular weight excluding hydrogens is 337 g/mol. The van der Waals surface area contributed by atoms with Gasteiger partial charge in [-0.1, -0.05) is 13.0 Å². The zero-order chi connectivity index (χ0) is 20.6. The first-order chi connectivity index (χ1) is 13.1. The van der Waals surface area contributed by atoms with Crippen LogP contribution in [0.4, 0.5) is 13.2 Å². The smallest absolute Gasteiger partial charge is 0.163 e. The molecule has 6 nitrogen and oxygen atoms in total. The molecule has 2 heterocycles. The molecule has 0 aliphatic heterocycles. The summed E-state index contributed by atoms with van der Waals surface area (Å²) in [4.78, 5) is 10.6. The molecule has 3 rings (SSSR count).